The average Bonchev–Trinajstić information content (AvgIpc) is 2.84. The number of rotatable bonds is 2. The zero-order valence-electron chi connectivity index (χ0n) is 13.2. The van der Waals surface area contributed by atoms with Crippen molar-refractivity contribution >= 4 is 33.7 Å². The van der Waals surface area contributed by atoms with Gasteiger partial charge in [-0.15, -0.1) is 0 Å². The van der Waals surface area contributed by atoms with E-state index in [0.717, 1.165) is 6.42 Å². The van der Waals surface area contributed by atoms with E-state index >= 15 is 0 Å². The Hall–Kier alpha value is -2.25. The first kappa shape index (κ1) is 16.2. The highest BCUT2D eigenvalue weighted by Gasteiger charge is 2.29. The van der Waals surface area contributed by atoms with Crippen molar-refractivity contribution in [1.29, 1.82) is 0 Å². The smallest absolute Gasteiger partial charge is 0.267 e. The molecule has 2 aliphatic heterocycles. The van der Waals surface area contributed by atoms with Crippen LogP contribution in [0.3, 0.4) is 0 Å². The molecular formula is C17H15ClN2O4S. The Bertz CT molecular complexity index is 959. The summed E-state index contributed by atoms with van der Waals surface area (Å²) >= 11 is 6.28. The molecule has 0 spiro atoms. The van der Waals surface area contributed by atoms with Crippen LogP contribution in [0.4, 0.5) is 5.69 Å². The minimum absolute atomic E-state index is 0.108. The van der Waals surface area contributed by atoms with Crippen LogP contribution in [0.15, 0.2) is 46.3 Å². The third-order valence-corrected chi connectivity index (χ3v) is 6.00. The molecule has 2 aromatic rings. The van der Waals surface area contributed by atoms with Gasteiger partial charge in [0.05, 0.1) is 30.5 Å². The van der Waals surface area contributed by atoms with Gasteiger partial charge in [-0.1, -0.05) is 23.7 Å². The van der Waals surface area contributed by atoms with Gasteiger partial charge in [0.2, 0.25) is 0 Å². The van der Waals surface area contributed by atoms with Crippen LogP contribution in [0, 0.1) is 0 Å². The fraction of sp³-hybridized carbons (Fsp3) is 0.235. The summed E-state index contributed by atoms with van der Waals surface area (Å²) in [4.78, 5) is 4.42. The number of halogens is 1. The van der Waals surface area contributed by atoms with E-state index in [4.69, 9.17) is 21.1 Å². The molecule has 0 bridgehead atoms. The van der Waals surface area contributed by atoms with E-state index in [9.17, 15) is 8.42 Å². The number of para-hydroxylation sites is 1. The fourth-order valence-electron chi connectivity index (χ4n) is 2.78. The van der Waals surface area contributed by atoms with Crippen LogP contribution in [0.25, 0.3) is 0 Å². The molecule has 4 rings (SSSR count). The van der Waals surface area contributed by atoms with Crippen LogP contribution >= 0.6 is 11.6 Å². The number of sulfonamides is 1. The van der Waals surface area contributed by atoms with Gasteiger partial charge < -0.3 is 9.47 Å². The second kappa shape index (κ2) is 6.24. The van der Waals surface area contributed by atoms with Crippen molar-refractivity contribution in [3.8, 4) is 11.5 Å². The van der Waals surface area contributed by atoms with Crippen molar-refractivity contribution in [2.24, 2.45) is 4.99 Å². The summed E-state index contributed by atoms with van der Waals surface area (Å²) in [5.41, 5.74) is 1.14. The number of fused-ring (bicyclic) bond motifs is 2. The molecule has 0 unspecified atom stereocenters. The van der Waals surface area contributed by atoms with Crippen LogP contribution in [0.1, 0.15) is 12.0 Å². The highest BCUT2D eigenvalue weighted by molar-refractivity contribution is 7.89. The maximum atomic E-state index is 12.8. The second-order valence-electron chi connectivity index (χ2n) is 5.72. The van der Waals surface area contributed by atoms with Crippen LogP contribution < -0.4 is 9.47 Å². The summed E-state index contributed by atoms with van der Waals surface area (Å²) in [5.74, 6) is 1.04. The van der Waals surface area contributed by atoms with Gasteiger partial charge in [-0.2, -0.15) is 0 Å². The quantitative estimate of drug-likeness (QED) is 0.803. The number of hydrogen-bond donors (Lipinski definition) is 0. The average molecular weight is 379 g/mol. The van der Waals surface area contributed by atoms with Crippen LogP contribution in [-0.2, 0) is 16.6 Å². The monoisotopic (exact) mass is 378 g/mol. The molecule has 8 heteroatoms. The van der Waals surface area contributed by atoms with E-state index in [2.05, 4.69) is 4.99 Å². The van der Waals surface area contributed by atoms with Gasteiger partial charge in [-0.05, 0) is 29.8 Å². The SMILES string of the molecule is O=S1(=O)c2ccccc2N=CN1Cc1cc(Cl)c2c(c1)OCCCO2. The lowest BCUT2D eigenvalue weighted by Crippen LogP contribution is -2.31. The van der Waals surface area contributed by atoms with Crippen molar-refractivity contribution in [3.63, 3.8) is 0 Å². The van der Waals surface area contributed by atoms with Gasteiger partial charge in [0.25, 0.3) is 10.0 Å². The van der Waals surface area contributed by atoms with Crippen molar-refractivity contribution in [3.05, 3.63) is 47.0 Å². The number of aliphatic imine (C=N–C) groups is 1. The molecule has 6 nitrogen and oxygen atoms in total. The number of benzene rings is 2. The summed E-state index contributed by atoms with van der Waals surface area (Å²) < 4.78 is 38.0. The molecule has 25 heavy (non-hydrogen) atoms. The van der Waals surface area contributed by atoms with Crippen LogP contribution in [0.2, 0.25) is 5.02 Å². The highest BCUT2D eigenvalue weighted by atomic mass is 35.5. The summed E-state index contributed by atoms with van der Waals surface area (Å²) in [6.45, 7) is 1.18. The van der Waals surface area contributed by atoms with Gasteiger partial charge in [-0.3, -0.25) is 4.31 Å². The Balaban J connectivity index is 1.68. The Labute approximate surface area is 150 Å². The van der Waals surface area contributed by atoms with Crippen LogP contribution in [-0.4, -0.2) is 32.3 Å². The maximum Gasteiger partial charge on any atom is 0.267 e. The predicted molar refractivity (Wildman–Crippen MR) is 94.4 cm³/mol. The number of hydrogen-bond acceptors (Lipinski definition) is 5. The second-order valence-corrected chi connectivity index (χ2v) is 7.98. The summed E-state index contributed by atoms with van der Waals surface area (Å²) in [6, 6.07) is 10.1. The number of nitrogens with zero attached hydrogens (tertiary/aromatic N) is 2. The molecular weight excluding hydrogens is 364 g/mol. The molecule has 0 radical (unpaired) electrons. The molecule has 0 aromatic heterocycles. The van der Waals surface area contributed by atoms with Crippen molar-refractivity contribution in [2.45, 2.75) is 17.9 Å². The lowest BCUT2D eigenvalue weighted by molar-refractivity contribution is 0.297. The Morgan fingerprint density at radius 1 is 1.16 bits per heavy atom. The van der Waals surface area contributed by atoms with Crippen molar-refractivity contribution in [2.75, 3.05) is 13.2 Å². The largest absolute Gasteiger partial charge is 0.489 e. The van der Waals surface area contributed by atoms with E-state index < -0.39 is 10.0 Å². The summed E-state index contributed by atoms with van der Waals surface area (Å²) in [5, 5.41) is 0.404. The van der Waals surface area contributed by atoms with Crippen molar-refractivity contribution < 1.29 is 17.9 Å². The molecule has 0 saturated carbocycles. The van der Waals surface area contributed by atoms with E-state index in [1.807, 2.05) is 0 Å². The molecule has 0 N–H and O–H groups in total. The standard InChI is InChI=1S/C17H15ClN2O4S/c18-13-8-12(9-15-17(13)24-7-3-6-23-15)10-20-11-19-14-4-1-2-5-16(14)25(20,21)22/h1-2,4-5,8-9,11H,3,6-7,10H2. The van der Waals surface area contributed by atoms with Gasteiger partial charge in [-0.25, -0.2) is 13.4 Å². The van der Waals surface area contributed by atoms with Gasteiger partial charge >= 0.3 is 0 Å². The first-order valence-corrected chi connectivity index (χ1v) is 9.60. The molecule has 0 aliphatic carbocycles. The third-order valence-electron chi connectivity index (χ3n) is 3.98. The van der Waals surface area contributed by atoms with Gasteiger partial charge in [0.15, 0.2) is 11.5 Å². The zero-order chi connectivity index (χ0) is 17.4. The molecule has 2 heterocycles. The molecule has 130 valence electrons. The lowest BCUT2D eigenvalue weighted by atomic mass is 10.2. The van der Waals surface area contributed by atoms with Gasteiger partial charge in [0.1, 0.15) is 11.2 Å². The summed E-state index contributed by atoms with van der Waals surface area (Å²) in [6.07, 6.45) is 2.10. The highest BCUT2D eigenvalue weighted by Crippen LogP contribution is 2.39. The molecule has 0 atom stereocenters. The Kier molecular flexibility index (Phi) is 4.05. The molecule has 2 aliphatic rings. The molecule has 0 saturated heterocycles. The normalized spacial score (nSPS) is 17.7. The van der Waals surface area contributed by atoms with E-state index in [0.29, 0.717) is 41.0 Å². The minimum Gasteiger partial charge on any atom is -0.489 e. The van der Waals surface area contributed by atoms with Crippen molar-refractivity contribution in [1.82, 2.24) is 4.31 Å². The Morgan fingerprint density at radius 3 is 2.84 bits per heavy atom. The van der Waals surface area contributed by atoms with E-state index in [1.54, 1.807) is 36.4 Å². The Morgan fingerprint density at radius 2 is 1.96 bits per heavy atom. The van der Waals surface area contributed by atoms with E-state index in [-0.39, 0.29) is 11.4 Å². The number of ether oxygens (including phenoxy) is 2. The zero-order valence-corrected chi connectivity index (χ0v) is 14.8. The lowest BCUT2D eigenvalue weighted by Gasteiger charge is -2.24. The molecule has 0 fully saturated rings. The minimum atomic E-state index is -3.65. The third kappa shape index (κ3) is 2.94. The molecule has 2 aromatic carbocycles. The summed E-state index contributed by atoms with van der Waals surface area (Å²) in [7, 11) is -3.65. The molecule has 0 amide bonds. The van der Waals surface area contributed by atoms with Gasteiger partial charge in [0, 0.05) is 6.42 Å². The topological polar surface area (TPSA) is 68.2 Å². The van der Waals surface area contributed by atoms with E-state index in [1.165, 1.54) is 10.6 Å². The first-order valence-electron chi connectivity index (χ1n) is 7.79. The first-order chi connectivity index (χ1) is 12.1. The fourth-order valence-corrected chi connectivity index (χ4v) is 4.44. The predicted octanol–water partition coefficient (Wildman–Crippen LogP) is 3.37. The van der Waals surface area contributed by atoms with Crippen LogP contribution in [0.5, 0.6) is 11.5 Å². The maximum absolute atomic E-state index is 12.8.